The molecule has 2 aliphatic heterocycles. The zero-order valence-electron chi connectivity index (χ0n) is 15.4. The molecular formula is C19H26N2O5. The highest BCUT2D eigenvalue weighted by atomic mass is 16.6. The van der Waals surface area contributed by atoms with Crippen molar-refractivity contribution in [1.82, 2.24) is 10.2 Å². The number of hydrogen-bond donors (Lipinski definition) is 2. The number of alkyl carbamates (subject to hydrolysis) is 1. The molecule has 7 heteroatoms. The third kappa shape index (κ3) is 3.99. The monoisotopic (exact) mass is 362 g/mol. The largest absolute Gasteiger partial charge is 0.444 e. The maximum Gasteiger partial charge on any atom is 0.408 e. The Balaban J connectivity index is 1.70. The fraction of sp³-hybridized carbons (Fsp3) is 0.579. The summed E-state index contributed by atoms with van der Waals surface area (Å²) < 4.78 is 10.5. The number of carbonyl (C=O) groups excluding carboxylic acids is 2. The molecule has 2 atom stereocenters. The second kappa shape index (κ2) is 6.89. The Morgan fingerprint density at radius 2 is 1.85 bits per heavy atom. The molecule has 0 aliphatic carbocycles. The van der Waals surface area contributed by atoms with Crippen LogP contribution in [0.4, 0.5) is 4.79 Å². The zero-order chi connectivity index (χ0) is 18.9. The van der Waals surface area contributed by atoms with Crippen molar-refractivity contribution in [2.75, 3.05) is 26.3 Å². The van der Waals surface area contributed by atoms with Crippen LogP contribution in [0.5, 0.6) is 0 Å². The van der Waals surface area contributed by atoms with Gasteiger partial charge in [0.1, 0.15) is 5.60 Å². The summed E-state index contributed by atoms with van der Waals surface area (Å²) >= 11 is 0. The highest BCUT2D eigenvalue weighted by Crippen LogP contribution is 2.38. The number of nitrogens with one attached hydrogen (secondary N) is 1. The standard InChI is InChI=1S/C19H26N2O5/c1-18(2,3)26-17(24)20-14(13-7-5-4-6-8-13)15(22)16(23)21-9-19(10-21)11-25-12-19/h4-8,14-15,22H,9-12H2,1-3H3,(H,20,24)/t14-,15+/m0/s1. The Labute approximate surface area is 153 Å². The molecule has 0 aromatic heterocycles. The van der Waals surface area contributed by atoms with Crippen molar-refractivity contribution in [1.29, 1.82) is 0 Å². The van der Waals surface area contributed by atoms with Gasteiger partial charge in [0, 0.05) is 13.1 Å². The van der Waals surface area contributed by atoms with E-state index >= 15 is 0 Å². The maximum absolute atomic E-state index is 12.7. The number of aliphatic hydroxyl groups excluding tert-OH is 1. The molecular weight excluding hydrogens is 336 g/mol. The quantitative estimate of drug-likeness (QED) is 0.847. The first-order chi connectivity index (χ1) is 12.2. The van der Waals surface area contributed by atoms with Gasteiger partial charge in [0.05, 0.1) is 24.7 Å². The first-order valence-corrected chi connectivity index (χ1v) is 8.78. The third-order valence-electron chi connectivity index (χ3n) is 4.58. The summed E-state index contributed by atoms with van der Waals surface area (Å²) in [6, 6.07) is 8.05. The highest BCUT2D eigenvalue weighted by Gasteiger charge is 2.52. The van der Waals surface area contributed by atoms with E-state index in [9.17, 15) is 14.7 Å². The van der Waals surface area contributed by atoms with Crippen LogP contribution < -0.4 is 5.32 Å². The molecule has 0 unspecified atom stereocenters. The number of benzene rings is 1. The fourth-order valence-electron chi connectivity index (χ4n) is 3.26. The predicted octanol–water partition coefficient (Wildman–Crippen LogP) is 1.47. The van der Waals surface area contributed by atoms with Gasteiger partial charge >= 0.3 is 6.09 Å². The summed E-state index contributed by atoms with van der Waals surface area (Å²) in [6.45, 7) is 7.74. The van der Waals surface area contributed by atoms with Crippen molar-refractivity contribution < 1.29 is 24.2 Å². The molecule has 0 bridgehead atoms. The Morgan fingerprint density at radius 1 is 1.23 bits per heavy atom. The average molecular weight is 362 g/mol. The van der Waals surface area contributed by atoms with E-state index in [0.717, 1.165) is 0 Å². The van der Waals surface area contributed by atoms with Gasteiger partial charge in [-0.3, -0.25) is 4.79 Å². The van der Waals surface area contributed by atoms with Gasteiger partial charge < -0.3 is 24.8 Å². The number of rotatable bonds is 4. The highest BCUT2D eigenvalue weighted by molar-refractivity contribution is 5.83. The van der Waals surface area contributed by atoms with Crippen LogP contribution in [0.1, 0.15) is 32.4 Å². The minimum Gasteiger partial charge on any atom is -0.444 e. The Kier molecular flexibility index (Phi) is 4.94. The summed E-state index contributed by atoms with van der Waals surface area (Å²) in [6.07, 6.45) is -2.06. The van der Waals surface area contributed by atoms with Crippen molar-refractivity contribution in [3.8, 4) is 0 Å². The molecule has 1 spiro atoms. The van der Waals surface area contributed by atoms with E-state index in [4.69, 9.17) is 9.47 Å². The molecule has 2 N–H and O–H groups in total. The number of carbonyl (C=O) groups is 2. The van der Waals surface area contributed by atoms with E-state index in [1.54, 1.807) is 49.9 Å². The second-order valence-electron chi connectivity index (χ2n) is 8.17. The van der Waals surface area contributed by atoms with Crippen LogP contribution in [-0.2, 0) is 14.3 Å². The summed E-state index contributed by atoms with van der Waals surface area (Å²) in [5.74, 6) is -0.396. The van der Waals surface area contributed by atoms with Crippen LogP contribution in [0, 0.1) is 5.41 Å². The average Bonchev–Trinajstić information content (AvgIpc) is 2.48. The third-order valence-corrected chi connectivity index (χ3v) is 4.58. The molecule has 1 aromatic carbocycles. The molecule has 0 radical (unpaired) electrons. The number of ether oxygens (including phenoxy) is 2. The van der Waals surface area contributed by atoms with Gasteiger partial charge in [0.15, 0.2) is 6.10 Å². The van der Waals surface area contributed by atoms with Crippen molar-refractivity contribution in [2.45, 2.75) is 38.5 Å². The number of amides is 2. The molecule has 1 aromatic rings. The van der Waals surface area contributed by atoms with Crippen LogP contribution in [0.15, 0.2) is 30.3 Å². The van der Waals surface area contributed by atoms with E-state index in [1.165, 1.54) is 0 Å². The molecule has 7 nitrogen and oxygen atoms in total. The van der Waals surface area contributed by atoms with Crippen molar-refractivity contribution in [2.24, 2.45) is 5.41 Å². The van der Waals surface area contributed by atoms with E-state index in [-0.39, 0.29) is 5.41 Å². The minimum absolute atomic E-state index is 0.0657. The van der Waals surface area contributed by atoms with Crippen LogP contribution in [0.3, 0.4) is 0 Å². The lowest BCUT2D eigenvalue weighted by Crippen LogP contribution is -2.68. The van der Waals surface area contributed by atoms with E-state index in [0.29, 0.717) is 31.9 Å². The lowest BCUT2D eigenvalue weighted by molar-refractivity contribution is -0.200. The van der Waals surface area contributed by atoms with Gasteiger partial charge in [0.2, 0.25) is 0 Å². The molecule has 2 aliphatic rings. The Hall–Kier alpha value is -2.12. The smallest absolute Gasteiger partial charge is 0.408 e. The summed E-state index contributed by atoms with van der Waals surface area (Å²) in [4.78, 5) is 26.5. The number of nitrogens with zero attached hydrogens (tertiary/aromatic N) is 1. The van der Waals surface area contributed by atoms with Crippen LogP contribution in [-0.4, -0.2) is 60.0 Å². The zero-order valence-corrected chi connectivity index (χ0v) is 15.4. The predicted molar refractivity (Wildman–Crippen MR) is 94.4 cm³/mol. The summed E-state index contributed by atoms with van der Waals surface area (Å²) in [7, 11) is 0. The van der Waals surface area contributed by atoms with Gasteiger partial charge in [-0.2, -0.15) is 0 Å². The van der Waals surface area contributed by atoms with Crippen molar-refractivity contribution >= 4 is 12.0 Å². The maximum atomic E-state index is 12.7. The summed E-state index contributed by atoms with van der Waals surface area (Å²) in [5, 5.41) is 13.3. The van der Waals surface area contributed by atoms with Crippen LogP contribution in [0.2, 0.25) is 0 Å². The Morgan fingerprint density at radius 3 is 2.35 bits per heavy atom. The van der Waals surface area contributed by atoms with E-state index in [2.05, 4.69) is 5.32 Å². The number of likely N-dealkylation sites (tertiary alicyclic amines) is 1. The van der Waals surface area contributed by atoms with E-state index in [1.807, 2.05) is 6.07 Å². The Bertz CT molecular complexity index is 658. The molecule has 2 heterocycles. The molecule has 0 saturated carbocycles. The van der Waals surface area contributed by atoms with Gasteiger partial charge in [-0.25, -0.2) is 4.79 Å². The lowest BCUT2D eigenvalue weighted by atomic mass is 9.77. The fourth-order valence-corrected chi connectivity index (χ4v) is 3.26. The van der Waals surface area contributed by atoms with Gasteiger partial charge in [-0.15, -0.1) is 0 Å². The molecule has 142 valence electrons. The summed E-state index contributed by atoms with van der Waals surface area (Å²) in [5.41, 5.74) is 0.0336. The van der Waals surface area contributed by atoms with E-state index < -0.39 is 29.7 Å². The number of hydrogen-bond acceptors (Lipinski definition) is 5. The van der Waals surface area contributed by atoms with Gasteiger partial charge in [-0.05, 0) is 26.3 Å². The SMILES string of the molecule is CC(C)(C)OC(=O)N[C@@H](c1ccccc1)[C@@H](O)C(=O)N1CC2(COC2)C1. The molecule has 3 rings (SSSR count). The lowest BCUT2D eigenvalue weighted by Gasteiger charge is -2.55. The van der Waals surface area contributed by atoms with Crippen molar-refractivity contribution in [3.63, 3.8) is 0 Å². The minimum atomic E-state index is -1.39. The molecule has 2 saturated heterocycles. The first-order valence-electron chi connectivity index (χ1n) is 8.78. The second-order valence-corrected chi connectivity index (χ2v) is 8.17. The molecule has 2 amide bonds. The number of aliphatic hydroxyl groups is 1. The topological polar surface area (TPSA) is 88.1 Å². The first kappa shape index (κ1) is 18.7. The van der Waals surface area contributed by atoms with Crippen LogP contribution in [0.25, 0.3) is 0 Å². The van der Waals surface area contributed by atoms with Crippen LogP contribution >= 0.6 is 0 Å². The molecule has 26 heavy (non-hydrogen) atoms. The van der Waals surface area contributed by atoms with Gasteiger partial charge in [-0.1, -0.05) is 30.3 Å². The molecule has 2 fully saturated rings. The normalized spacial score (nSPS) is 20.5. The van der Waals surface area contributed by atoms with Gasteiger partial charge in [0.25, 0.3) is 5.91 Å². The van der Waals surface area contributed by atoms with Crippen molar-refractivity contribution in [3.05, 3.63) is 35.9 Å².